The molecule has 12 heteroatoms. The third-order valence-corrected chi connectivity index (χ3v) is 11.2. The average Bonchev–Trinajstić information content (AvgIpc) is 3.69. The van der Waals surface area contributed by atoms with Crippen molar-refractivity contribution in [2.45, 2.75) is 93.3 Å². The Labute approximate surface area is 246 Å². The molecule has 0 atom stereocenters. The summed E-state index contributed by atoms with van der Waals surface area (Å²) in [6, 6.07) is 10.1. The maximum absolute atomic E-state index is 13.6. The van der Waals surface area contributed by atoms with Crippen LogP contribution in [0.25, 0.3) is 22.1 Å². The van der Waals surface area contributed by atoms with Gasteiger partial charge in [0.15, 0.2) is 17.0 Å². The molecule has 0 amide bonds. The molecule has 1 aromatic carbocycles. The largest absolute Gasteiger partial charge is 0.365 e. The fraction of sp³-hybridized carbons (Fsp3) is 0.533. The summed E-state index contributed by atoms with van der Waals surface area (Å²) in [4.78, 5) is 19.3. The first-order chi connectivity index (χ1) is 20.5. The highest BCUT2D eigenvalue weighted by molar-refractivity contribution is 7.89. The van der Waals surface area contributed by atoms with E-state index in [1.807, 2.05) is 24.5 Å². The molecule has 0 bridgehead atoms. The number of nitrogens with one attached hydrogen (secondary N) is 2. The highest BCUT2D eigenvalue weighted by Crippen LogP contribution is 2.34. The second-order valence-corrected chi connectivity index (χ2v) is 14.0. The van der Waals surface area contributed by atoms with E-state index in [2.05, 4.69) is 20.2 Å². The molecule has 42 heavy (non-hydrogen) atoms. The number of sulfonamides is 1. The van der Waals surface area contributed by atoms with E-state index in [9.17, 15) is 8.42 Å². The molecule has 0 radical (unpaired) electrons. The van der Waals surface area contributed by atoms with Gasteiger partial charge in [-0.15, -0.1) is 0 Å². The minimum atomic E-state index is -3.67. The molecular weight excluding hydrogens is 550 g/mol. The van der Waals surface area contributed by atoms with Crippen molar-refractivity contribution in [3.63, 3.8) is 0 Å². The SMILES string of the molecule is N[C@H]1CC[C@H](Nc2nc(NC3CCN(S(=O)(=O)c4cccc5cccnc45)CC3)c3ncn(C4CCCC4)c3n2)CC1. The smallest absolute Gasteiger partial charge is 0.245 e. The monoisotopic (exact) mass is 589 g/mol. The lowest BCUT2D eigenvalue weighted by atomic mass is 9.92. The molecule has 0 unspecified atom stereocenters. The van der Waals surface area contributed by atoms with E-state index in [0.29, 0.717) is 55.3 Å². The Bertz CT molecular complexity index is 1660. The fourth-order valence-electron chi connectivity index (χ4n) is 6.83. The van der Waals surface area contributed by atoms with E-state index in [4.69, 9.17) is 20.7 Å². The highest BCUT2D eigenvalue weighted by atomic mass is 32.2. The van der Waals surface area contributed by atoms with Crippen molar-refractivity contribution in [2.24, 2.45) is 5.73 Å². The number of piperidine rings is 1. The molecule has 3 aliphatic rings. The van der Waals surface area contributed by atoms with Crippen LogP contribution in [0, 0.1) is 0 Å². The van der Waals surface area contributed by atoms with Gasteiger partial charge in [0.1, 0.15) is 4.90 Å². The van der Waals surface area contributed by atoms with Crippen LogP contribution in [0.4, 0.5) is 11.8 Å². The topological polar surface area (TPSA) is 144 Å². The lowest BCUT2D eigenvalue weighted by Gasteiger charge is -2.32. The lowest BCUT2D eigenvalue weighted by Crippen LogP contribution is -2.42. The number of anilines is 2. The van der Waals surface area contributed by atoms with Gasteiger partial charge in [0.2, 0.25) is 16.0 Å². The number of fused-ring (bicyclic) bond motifs is 2. The maximum Gasteiger partial charge on any atom is 0.245 e. The van der Waals surface area contributed by atoms with Gasteiger partial charge in [-0.1, -0.05) is 31.0 Å². The molecule has 1 saturated heterocycles. The number of aromatic nitrogens is 5. The number of nitrogens with two attached hydrogens (primary N) is 1. The Kier molecular flexibility index (Phi) is 7.45. The van der Waals surface area contributed by atoms with Crippen LogP contribution in [0.15, 0.2) is 47.8 Å². The van der Waals surface area contributed by atoms with E-state index in [0.717, 1.165) is 55.1 Å². The summed E-state index contributed by atoms with van der Waals surface area (Å²) >= 11 is 0. The number of pyridine rings is 1. The predicted molar refractivity (Wildman–Crippen MR) is 164 cm³/mol. The number of imidazole rings is 1. The Morgan fingerprint density at radius 3 is 2.33 bits per heavy atom. The molecule has 222 valence electrons. The second-order valence-electron chi connectivity index (χ2n) is 12.1. The summed E-state index contributed by atoms with van der Waals surface area (Å²) in [5.41, 5.74) is 8.29. The average molecular weight is 590 g/mol. The molecule has 4 N–H and O–H groups in total. The van der Waals surface area contributed by atoms with Gasteiger partial charge < -0.3 is 20.9 Å². The highest BCUT2D eigenvalue weighted by Gasteiger charge is 2.32. The summed E-state index contributed by atoms with van der Waals surface area (Å²) in [6.45, 7) is 0.836. The molecule has 4 aromatic rings. The second kappa shape index (κ2) is 11.4. The van der Waals surface area contributed by atoms with Gasteiger partial charge in [0.25, 0.3) is 0 Å². The molecule has 2 aliphatic carbocycles. The van der Waals surface area contributed by atoms with Crippen molar-refractivity contribution in [3.8, 4) is 0 Å². The van der Waals surface area contributed by atoms with Crippen LogP contribution >= 0.6 is 0 Å². The molecule has 0 spiro atoms. The quantitative estimate of drug-likeness (QED) is 0.285. The molecule has 4 heterocycles. The normalized spacial score (nSPS) is 23.1. The van der Waals surface area contributed by atoms with Gasteiger partial charge in [-0.05, 0) is 63.5 Å². The van der Waals surface area contributed by atoms with E-state index in [1.165, 1.54) is 12.8 Å². The zero-order valence-electron chi connectivity index (χ0n) is 23.8. The van der Waals surface area contributed by atoms with Gasteiger partial charge in [0.05, 0.1) is 11.8 Å². The molecule has 11 nitrogen and oxygen atoms in total. The van der Waals surface area contributed by atoms with Crippen LogP contribution in [0.3, 0.4) is 0 Å². The van der Waals surface area contributed by atoms with Crippen molar-refractivity contribution in [1.29, 1.82) is 0 Å². The Balaban J connectivity index is 1.11. The summed E-state index contributed by atoms with van der Waals surface area (Å²) in [5.74, 6) is 1.33. The number of para-hydroxylation sites is 1. The first-order valence-corrected chi connectivity index (χ1v) is 16.8. The van der Waals surface area contributed by atoms with Crippen molar-refractivity contribution in [3.05, 3.63) is 42.9 Å². The Morgan fingerprint density at radius 1 is 0.810 bits per heavy atom. The van der Waals surface area contributed by atoms with Crippen LogP contribution in [-0.4, -0.2) is 68.4 Å². The van der Waals surface area contributed by atoms with E-state index < -0.39 is 10.0 Å². The van der Waals surface area contributed by atoms with E-state index in [-0.39, 0.29) is 17.0 Å². The molecule has 3 fully saturated rings. The third kappa shape index (κ3) is 5.31. The van der Waals surface area contributed by atoms with E-state index in [1.54, 1.807) is 22.6 Å². The van der Waals surface area contributed by atoms with Crippen molar-refractivity contribution in [2.75, 3.05) is 23.7 Å². The molecule has 1 aliphatic heterocycles. The fourth-order valence-corrected chi connectivity index (χ4v) is 8.47. The number of benzene rings is 1. The minimum Gasteiger partial charge on any atom is -0.365 e. The zero-order valence-corrected chi connectivity index (χ0v) is 24.6. The van der Waals surface area contributed by atoms with Gasteiger partial charge in [-0.3, -0.25) is 4.98 Å². The first-order valence-electron chi connectivity index (χ1n) is 15.3. The number of rotatable bonds is 7. The molecule has 3 aromatic heterocycles. The van der Waals surface area contributed by atoms with Crippen molar-refractivity contribution in [1.82, 2.24) is 28.8 Å². The minimum absolute atomic E-state index is 0.0670. The van der Waals surface area contributed by atoms with Gasteiger partial charge in [-0.2, -0.15) is 14.3 Å². The third-order valence-electron chi connectivity index (χ3n) is 9.25. The number of hydrogen-bond acceptors (Lipinski definition) is 9. The van der Waals surface area contributed by atoms with Crippen LogP contribution in [0.2, 0.25) is 0 Å². The summed E-state index contributed by atoms with van der Waals surface area (Å²) in [5, 5.41) is 8.04. The molecule has 7 rings (SSSR count). The number of hydrogen-bond donors (Lipinski definition) is 3. The Morgan fingerprint density at radius 2 is 1.55 bits per heavy atom. The zero-order chi connectivity index (χ0) is 28.7. The van der Waals surface area contributed by atoms with Crippen molar-refractivity contribution >= 4 is 43.9 Å². The first kappa shape index (κ1) is 27.5. The van der Waals surface area contributed by atoms with Crippen LogP contribution in [0.1, 0.15) is 70.3 Å². The summed E-state index contributed by atoms with van der Waals surface area (Å²) < 4.78 is 31.1. The maximum atomic E-state index is 13.6. The van der Waals surface area contributed by atoms with Crippen LogP contribution in [0.5, 0.6) is 0 Å². The standard InChI is InChI=1S/C30H39N9O2S/c31-21-10-12-22(13-11-21)35-30-36-28(27-29(37-30)39(19-33-27)24-7-1-2-8-24)34-23-14-17-38(18-15-23)42(40,41)25-9-3-5-20-6-4-16-32-26(20)25/h3-6,9,16,19,21-24H,1-2,7-8,10-15,17-18,31H2,(H2,34,35,36,37)/t21-,22-. The van der Waals surface area contributed by atoms with Crippen molar-refractivity contribution < 1.29 is 8.42 Å². The van der Waals surface area contributed by atoms with Gasteiger partial charge in [0, 0.05) is 48.8 Å². The Hall–Kier alpha value is -3.35. The van der Waals surface area contributed by atoms with Crippen LogP contribution < -0.4 is 16.4 Å². The molecule has 2 saturated carbocycles. The predicted octanol–water partition coefficient (Wildman–Crippen LogP) is 4.44. The van der Waals surface area contributed by atoms with E-state index >= 15 is 0 Å². The lowest BCUT2D eigenvalue weighted by molar-refractivity contribution is 0.330. The van der Waals surface area contributed by atoms with Gasteiger partial charge in [-0.25, -0.2) is 13.4 Å². The van der Waals surface area contributed by atoms with Crippen LogP contribution in [-0.2, 0) is 10.0 Å². The summed E-state index contributed by atoms with van der Waals surface area (Å²) in [7, 11) is -3.67. The molecular formula is C30H39N9O2S. The number of nitrogens with zero attached hydrogens (tertiary/aromatic N) is 6. The van der Waals surface area contributed by atoms with Gasteiger partial charge >= 0.3 is 0 Å². The summed E-state index contributed by atoms with van der Waals surface area (Å²) in [6.07, 6.45) is 13.6.